The van der Waals surface area contributed by atoms with Crippen LogP contribution in [-0.2, 0) is 0 Å². The monoisotopic (exact) mass is 165 g/mol. The van der Waals surface area contributed by atoms with E-state index < -0.39 is 6.17 Å². The third-order valence-electron chi connectivity index (χ3n) is 1.85. The molecule has 2 unspecified atom stereocenters. The molecule has 0 aliphatic carbocycles. The Hall–Kier alpha value is 0.180. The van der Waals surface area contributed by atoms with Crippen molar-refractivity contribution in [2.45, 2.75) is 31.5 Å². The molecular formula is C7H13ClFN. The highest BCUT2D eigenvalue weighted by molar-refractivity contribution is 6.17. The van der Waals surface area contributed by atoms with Crippen LogP contribution in [0.1, 0.15) is 19.3 Å². The van der Waals surface area contributed by atoms with Gasteiger partial charge in [0.2, 0.25) is 0 Å². The van der Waals surface area contributed by atoms with E-state index in [9.17, 15) is 4.39 Å². The van der Waals surface area contributed by atoms with Gasteiger partial charge in [0, 0.05) is 18.5 Å². The Morgan fingerprint density at radius 1 is 1.60 bits per heavy atom. The molecule has 1 saturated heterocycles. The summed E-state index contributed by atoms with van der Waals surface area (Å²) in [6, 6.07) is 0.383. The van der Waals surface area contributed by atoms with Crippen LogP contribution in [0, 0.1) is 0 Å². The van der Waals surface area contributed by atoms with E-state index in [0.717, 1.165) is 12.8 Å². The molecule has 0 aromatic rings. The normalized spacial score (nSPS) is 33.0. The van der Waals surface area contributed by atoms with Crippen molar-refractivity contribution in [3.05, 3.63) is 0 Å². The van der Waals surface area contributed by atoms with Gasteiger partial charge in [0.05, 0.1) is 0 Å². The molecule has 0 saturated carbocycles. The van der Waals surface area contributed by atoms with Crippen molar-refractivity contribution < 1.29 is 4.39 Å². The molecule has 1 aliphatic heterocycles. The first kappa shape index (κ1) is 8.28. The molecule has 0 spiro atoms. The lowest BCUT2D eigenvalue weighted by molar-refractivity contribution is 0.353. The standard InChI is InChI=1S/C7H13ClFN/c8-3-1-2-7-4-6(9)5-10-7/h6-7,10H,1-5H2. The van der Waals surface area contributed by atoms with E-state index in [-0.39, 0.29) is 0 Å². The van der Waals surface area contributed by atoms with E-state index in [4.69, 9.17) is 11.6 Å². The van der Waals surface area contributed by atoms with Crippen molar-refractivity contribution in [2.24, 2.45) is 0 Å². The summed E-state index contributed by atoms with van der Waals surface area (Å²) in [4.78, 5) is 0. The fourth-order valence-electron chi connectivity index (χ4n) is 1.31. The quantitative estimate of drug-likeness (QED) is 0.628. The van der Waals surface area contributed by atoms with Crippen molar-refractivity contribution in [3.8, 4) is 0 Å². The molecule has 0 radical (unpaired) electrons. The predicted octanol–water partition coefficient (Wildman–Crippen LogP) is 1.71. The van der Waals surface area contributed by atoms with Crippen LogP contribution in [0.3, 0.4) is 0 Å². The smallest absolute Gasteiger partial charge is 0.114 e. The van der Waals surface area contributed by atoms with Crippen LogP contribution in [0.25, 0.3) is 0 Å². The maximum atomic E-state index is 12.5. The zero-order chi connectivity index (χ0) is 7.40. The molecule has 1 fully saturated rings. The predicted molar refractivity (Wildman–Crippen MR) is 41.3 cm³/mol. The molecule has 1 N–H and O–H groups in total. The van der Waals surface area contributed by atoms with E-state index in [1.165, 1.54) is 0 Å². The molecule has 2 atom stereocenters. The molecule has 0 bridgehead atoms. The van der Waals surface area contributed by atoms with Gasteiger partial charge in [0.15, 0.2) is 0 Å². The zero-order valence-electron chi connectivity index (χ0n) is 5.95. The summed E-state index contributed by atoms with van der Waals surface area (Å²) in [6.07, 6.45) is 2.06. The van der Waals surface area contributed by atoms with Crippen LogP contribution < -0.4 is 5.32 Å². The minimum absolute atomic E-state index is 0.383. The number of hydrogen-bond acceptors (Lipinski definition) is 1. The first-order valence-electron chi connectivity index (χ1n) is 3.76. The lowest BCUT2D eigenvalue weighted by Gasteiger charge is -2.06. The highest BCUT2D eigenvalue weighted by atomic mass is 35.5. The van der Waals surface area contributed by atoms with Crippen LogP contribution in [-0.4, -0.2) is 24.6 Å². The number of alkyl halides is 2. The Labute approximate surface area is 65.9 Å². The van der Waals surface area contributed by atoms with Crippen LogP contribution in [0.2, 0.25) is 0 Å². The van der Waals surface area contributed by atoms with Crippen molar-refractivity contribution >= 4 is 11.6 Å². The van der Waals surface area contributed by atoms with Gasteiger partial charge in [-0.05, 0) is 19.3 Å². The number of rotatable bonds is 3. The lowest BCUT2D eigenvalue weighted by atomic mass is 10.1. The summed E-state index contributed by atoms with van der Waals surface area (Å²) >= 11 is 5.49. The fraction of sp³-hybridized carbons (Fsp3) is 1.00. The van der Waals surface area contributed by atoms with Crippen LogP contribution >= 0.6 is 11.6 Å². The molecule has 1 rings (SSSR count). The number of nitrogens with one attached hydrogen (secondary N) is 1. The van der Waals surface area contributed by atoms with Gasteiger partial charge in [0.25, 0.3) is 0 Å². The maximum absolute atomic E-state index is 12.5. The van der Waals surface area contributed by atoms with E-state index in [0.29, 0.717) is 24.9 Å². The zero-order valence-corrected chi connectivity index (χ0v) is 6.70. The summed E-state index contributed by atoms with van der Waals surface area (Å²) in [5.41, 5.74) is 0. The van der Waals surface area contributed by atoms with Gasteiger partial charge in [-0.25, -0.2) is 4.39 Å². The van der Waals surface area contributed by atoms with Gasteiger partial charge < -0.3 is 5.32 Å². The summed E-state index contributed by atoms with van der Waals surface area (Å²) in [7, 11) is 0. The summed E-state index contributed by atoms with van der Waals surface area (Å²) in [5.74, 6) is 0.690. The third-order valence-corrected chi connectivity index (χ3v) is 2.12. The highest BCUT2D eigenvalue weighted by Crippen LogP contribution is 2.14. The molecule has 1 heterocycles. The first-order valence-corrected chi connectivity index (χ1v) is 4.30. The van der Waals surface area contributed by atoms with Gasteiger partial charge >= 0.3 is 0 Å². The van der Waals surface area contributed by atoms with Gasteiger partial charge in [-0.1, -0.05) is 0 Å². The average molecular weight is 166 g/mol. The molecule has 3 heteroatoms. The Balaban J connectivity index is 2.06. The minimum atomic E-state index is -0.625. The number of halogens is 2. The van der Waals surface area contributed by atoms with E-state index in [1.54, 1.807) is 0 Å². The third kappa shape index (κ3) is 2.43. The van der Waals surface area contributed by atoms with Crippen LogP contribution in [0.4, 0.5) is 4.39 Å². The van der Waals surface area contributed by atoms with E-state index in [1.807, 2.05) is 0 Å². The van der Waals surface area contributed by atoms with Gasteiger partial charge in [-0.2, -0.15) is 0 Å². The Morgan fingerprint density at radius 3 is 2.90 bits per heavy atom. The Morgan fingerprint density at radius 2 is 2.40 bits per heavy atom. The molecule has 60 valence electrons. The molecule has 0 aromatic carbocycles. The van der Waals surface area contributed by atoms with Crippen LogP contribution in [0.5, 0.6) is 0 Å². The fourth-order valence-corrected chi connectivity index (χ4v) is 1.47. The second-order valence-corrected chi connectivity index (χ2v) is 3.15. The largest absolute Gasteiger partial charge is 0.311 e. The molecule has 0 aromatic heterocycles. The SMILES string of the molecule is FC1CNC(CCCCl)C1. The first-order chi connectivity index (χ1) is 4.83. The lowest BCUT2D eigenvalue weighted by Crippen LogP contribution is -2.21. The molecule has 10 heavy (non-hydrogen) atoms. The number of hydrogen-bond donors (Lipinski definition) is 1. The Bertz CT molecular complexity index is 99.6. The highest BCUT2D eigenvalue weighted by Gasteiger charge is 2.22. The van der Waals surface area contributed by atoms with Gasteiger partial charge in [-0.15, -0.1) is 11.6 Å². The summed E-state index contributed by atoms with van der Waals surface area (Å²) in [5, 5.41) is 3.11. The molecule has 1 nitrogen and oxygen atoms in total. The average Bonchev–Trinajstić information content (AvgIpc) is 2.31. The van der Waals surface area contributed by atoms with Gasteiger partial charge in [-0.3, -0.25) is 0 Å². The second kappa shape index (κ2) is 4.14. The van der Waals surface area contributed by atoms with Crippen LogP contribution in [0.15, 0.2) is 0 Å². The van der Waals surface area contributed by atoms with Crippen molar-refractivity contribution in [2.75, 3.05) is 12.4 Å². The molecule has 0 amide bonds. The summed E-state index contributed by atoms with van der Waals surface area (Å²) in [6.45, 7) is 0.535. The van der Waals surface area contributed by atoms with Crippen molar-refractivity contribution in [1.29, 1.82) is 0 Å². The van der Waals surface area contributed by atoms with E-state index in [2.05, 4.69) is 5.32 Å². The Kier molecular flexibility index (Phi) is 3.43. The maximum Gasteiger partial charge on any atom is 0.114 e. The van der Waals surface area contributed by atoms with Gasteiger partial charge in [0.1, 0.15) is 6.17 Å². The molecule has 1 aliphatic rings. The summed E-state index contributed by atoms with van der Waals surface area (Å²) < 4.78 is 12.5. The van der Waals surface area contributed by atoms with E-state index >= 15 is 0 Å². The van der Waals surface area contributed by atoms with Crippen molar-refractivity contribution in [3.63, 3.8) is 0 Å². The second-order valence-electron chi connectivity index (χ2n) is 2.77. The van der Waals surface area contributed by atoms with Crippen molar-refractivity contribution in [1.82, 2.24) is 5.32 Å². The minimum Gasteiger partial charge on any atom is -0.311 e. The topological polar surface area (TPSA) is 12.0 Å². The molecular weight excluding hydrogens is 153 g/mol.